The number of ether oxygens (including phenoxy) is 1. The zero-order valence-electron chi connectivity index (χ0n) is 10.7. The molecule has 5 nitrogen and oxygen atoms in total. The normalized spacial score (nSPS) is 11.3. The fourth-order valence-electron chi connectivity index (χ4n) is 1.63. The standard InChI is InChI=1S/C13H13ClN2O3S/c1-20(17,18)12-3-2-6-16-13(12)19-11-7-10(14)5-4-9(11)8-15/h2-7H,8,15H2,1H3. The Bertz CT molecular complexity index is 732. The van der Waals surface area contributed by atoms with Crippen molar-refractivity contribution in [2.45, 2.75) is 11.4 Å². The Labute approximate surface area is 122 Å². The molecule has 1 heterocycles. The van der Waals surface area contributed by atoms with E-state index in [0.717, 1.165) is 6.26 Å². The lowest BCUT2D eigenvalue weighted by Gasteiger charge is -2.11. The van der Waals surface area contributed by atoms with Gasteiger partial charge in [0.15, 0.2) is 9.84 Å². The number of sulfone groups is 1. The summed E-state index contributed by atoms with van der Waals surface area (Å²) in [4.78, 5) is 3.98. The van der Waals surface area contributed by atoms with Crippen molar-refractivity contribution in [3.8, 4) is 11.6 Å². The predicted octanol–water partition coefficient (Wildman–Crippen LogP) is 2.39. The molecular formula is C13H13ClN2O3S. The summed E-state index contributed by atoms with van der Waals surface area (Å²) in [6.07, 6.45) is 2.55. The highest BCUT2D eigenvalue weighted by molar-refractivity contribution is 7.90. The molecule has 2 N–H and O–H groups in total. The molecule has 0 bridgehead atoms. The maximum absolute atomic E-state index is 11.7. The number of nitrogens with two attached hydrogens (primary N) is 1. The Kier molecular flexibility index (Phi) is 4.27. The minimum Gasteiger partial charge on any atom is -0.437 e. The van der Waals surface area contributed by atoms with Gasteiger partial charge in [-0.25, -0.2) is 13.4 Å². The molecule has 1 aromatic carbocycles. The third-order valence-corrected chi connectivity index (χ3v) is 3.94. The van der Waals surface area contributed by atoms with Gasteiger partial charge in [0.05, 0.1) is 0 Å². The zero-order valence-corrected chi connectivity index (χ0v) is 12.3. The Hall–Kier alpha value is -1.63. The van der Waals surface area contributed by atoms with Gasteiger partial charge in [-0.05, 0) is 24.3 Å². The molecule has 1 aromatic heterocycles. The first kappa shape index (κ1) is 14.8. The molecule has 0 saturated heterocycles. The molecule has 0 unspecified atom stereocenters. The van der Waals surface area contributed by atoms with Gasteiger partial charge in [0, 0.05) is 29.6 Å². The van der Waals surface area contributed by atoms with Crippen LogP contribution in [0.15, 0.2) is 41.4 Å². The van der Waals surface area contributed by atoms with Crippen molar-refractivity contribution >= 4 is 21.4 Å². The number of halogens is 1. The number of rotatable bonds is 4. The number of nitrogens with zero attached hydrogens (tertiary/aromatic N) is 1. The summed E-state index contributed by atoms with van der Waals surface area (Å²) in [5.41, 5.74) is 6.32. The van der Waals surface area contributed by atoms with Gasteiger partial charge >= 0.3 is 0 Å². The van der Waals surface area contributed by atoms with Crippen molar-refractivity contribution in [1.82, 2.24) is 4.98 Å². The SMILES string of the molecule is CS(=O)(=O)c1cccnc1Oc1cc(Cl)ccc1CN. The lowest BCUT2D eigenvalue weighted by Crippen LogP contribution is -2.04. The van der Waals surface area contributed by atoms with Crippen molar-refractivity contribution in [3.63, 3.8) is 0 Å². The van der Waals surface area contributed by atoms with Crippen LogP contribution in [0.3, 0.4) is 0 Å². The third kappa shape index (κ3) is 3.27. The summed E-state index contributed by atoms with van der Waals surface area (Å²) >= 11 is 5.91. The van der Waals surface area contributed by atoms with E-state index < -0.39 is 9.84 Å². The quantitative estimate of drug-likeness (QED) is 0.937. The summed E-state index contributed by atoms with van der Waals surface area (Å²) in [5, 5.41) is 0.467. The molecule has 0 aliphatic rings. The molecule has 0 spiro atoms. The number of pyridine rings is 1. The van der Waals surface area contributed by atoms with Gasteiger partial charge in [0.1, 0.15) is 10.6 Å². The van der Waals surface area contributed by atoms with Crippen LogP contribution in [-0.2, 0) is 16.4 Å². The minimum atomic E-state index is -3.44. The highest BCUT2D eigenvalue weighted by Gasteiger charge is 2.17. The monoisotopic (exact) mass is 312 g/mol. The molecule has 0 amide bonds. The molecule has 2 rings (SSSR count). The molecule has 0 aliphatic carbocycles. The van der Waals surface area contributed by atoms with Crippen molar-refractivity contribution in [1.29, 1.82) is 0 Å². The number of hydrogen-bond donors (Lipinski definition) is 1. The molecule has 0 fully saturated rings. The second-order valence-electron chi connectivity index (χ2n) is 4.14. The minimum absolute atomic E-state index is 0.00645. The van der Waals surface area contributed by atoms with E-state index in [-0.39, 0.29) is 17.3 Å². The van der Waals surface area contributed by atoms with Gasteiger partial charge in [-0.2, -0.15) is 0 Å². The van der Waals surface area contributed by atoms with E-state index in [0.29, 0.717) is 16.3 Å². The second-order valence-corrected chi connectivity index (χ2v) is 6.56. The van der Waals surface area contributed by atoms with Gasteiger partial charge < -0.3 is 10.5 Å². The van der Waals surface area contributed by atoms with Crippen LogP contribution in [0.2, 0.25) is 5.02 Å². The van der Waals surface area contributed by atoms with E-state index in [2.05, 4.69) is 4.98 Å². The van der Waals surface area contributed by atoms with Crippen LogP contribution in [0.4, 0.5) is 0 Å². The first-order valence-corrected chi connectivity index (χ1v) is 8.00. The van der Waals surface area contributed by atoms with Crippen LogP contribution < -0.4 is 10.5 Å². The molecule has 7 heteroatoms. The summed E-state index contributed by atoms with van der Waals surface area (Å²) in [5.74, 6) is 0.399. The summed E-state index contributed by atoms with van der Waals surface area (Å²) in [7, 11) is -3.44. The van der Waals surface area contributed by atoms with Gasteiger partial charge in [-0.1, -0.05) is 17.7 Å². The fourth-order valence-corrected chi connectivity index (χ4v) is 2.53. The van der Waals surface area contributed by atoms with Crippen LogP contribution in [0.1, 0.15) is 5.56 Å². The topological polar surface area (TPSA) is 82.3 Å². The largest absolute Gasteiger partial charge is 0.437 e. The first-order chi connectivity index (χ1) is 9.41. The molecule has 2 aromatic rings. The first-order valence-electron chi connectivity index (χ1n) is 5.73. The fraction of sp³-hybridized carbons (Fsp3) is 0.154. The van der Waals surface area contributed by atoms with Gasteiger partial charge in [0.2, 0.25) is 5.88 Å². The number of aromatic nitrogens is 1. The van der Waals surface area contributed by atoms with Crippen molar-refractivity contribution in [2.75, 3.05) is 6.26 Å². The molecule has 0 atom stereocenters. The van der Waals surface area contributed by atoms with E-state index in [1.54, 1.807) is 18.2 Å². The van der Waals surface area contributed by atoms with E-state index >= 15 is 0 Å². The van der Waals surface area contributed by atoms with E-state index in [9.17, 15) is 8.42 Å². The summed E-state index contributed by atoms with van der Waals surface area (Å²) < 4.78 is 29.0. The smallest absolute Gasteiger partial charge is 0.238 e. The lowest BCUT2D eigenvalue weighted by atomic mass is 10.2. The molecule has 0 radical (unpaired) electrons. The third-order valence-electron chi connectivity index (χ3n) is 2.59. The van der Waals surface area contributed by atoms with Crippen LogP contribution in [-0.4, -0.2) is 19.7 Å². The predicted molar refractivity (Wildman–Crippen MR) is 76.8 cm³/mol. The average Bonchev–Trinajstić information content (AvgIpc) is 2.38. The Morgan fingerprint density at radius 1 is 1.35 bits per heavy atom. The molecule has 0 aliphatic heterocycles. The number of benzene rings is 1. The average molecular weight is 313 g/mol. The lowest BCUT2D eigenvalue weighted by molar-refractivity contribution is 0.442. The molecule has 20 heavy (non-hydrogen) atoms. The van der Waals surface area contributed by atoms with Crippen LogP contribution >= 0.6 is 11.6 Å². The van der Waals surface area contributed by atoms with Crippen molar-refractivity contribution < 1.29 is 13.2 Å². The summed E-state index contributed by atoms with van der Waals surface area (Å²) in [6.45, 7) is 0.244. The maximum Gasteiger partial charge on any atom is 0.238 e. The van der Waals surface area contributed by atoms with Gasteiger partial charge in [-0.15, -0.1) is 0 Å². The number of hydrogen-bond acceptors (Lipinski definition) is 5. The molecule has 0 saturated carbocycles. The van der Waals surface area contributed by atoms with Crippen molar-refractivity contribution in [3.05, 3.63) is 47.1 Å². The molecular weight excluding hydrogens is 300 g/mol. The summed E-state index contributed by atoms with van der Waals surface area (Å²) in [6, 6.07) is 7.95. The van der Waals surface area contributed by atoms with E-state index in [4.69, 9.17) is 22.1 Å². The Morgan fingerprint density at radius 3 is 2.75 bits per heavy atom. The second kappa shape index (κ2) is 5.78. The highest BCUT2D eigenvalue weighted by atomic mass is 35.5. The van der Waals surface area contributed by atoms with Crippen LogP contribution in [0.5, 0.6) is 11.6 Å². The van der Waals surface area contributed by atoms with Gasteiger partial charge in [0.25, 0.3) is 0 Å². The van der Waals surface area contributed by atoms with Crippen LogP contribution in [0.25, 0.3) is 0 Å². The zero-order chi connectivity index (χ0) is 14.8. The Balaban J connectivity index is 2.48. The maximum atomic E-state index is 11.7. The Morgan fingerprint density at radius 2 is 2.10 bits per heavy atom. The van der Waals surface area contributed by atoms with Crippen LogP contribution in [0, 0.1) is 0 Å². The van der Waals surface area contributed by atoms with Crippen molar-refractivity contribution in [2.24, 2.45) is 5.73 Å². The highest BCUT2D eigenvalue weighted by Crippen LogP contribution is 2.30. The van der Waals surface area contributed by atoms with E-state index in [1.807, 2.05) is 0 Å². The van der Waals surface area contributed by atoms with E-state index in [1.165, 1.54) is 18.3 Å². The van der Waals surface area contributed by atoms with Gasteiger partial charge in [-0.3, -0.25) is 0 Å². The molecule has 106 valence electrons.